The van der Waals surface area contributed by atoms with Crippen molar-refractivity contribution in [3.05, 3.63) is 101 Å². The van der Waals surface area contributed by atoms with Gasteiger partial charge in [0.2, 0.25) is 11.8 Å². The molecule has 12 rings (SSSR count). The first-order chi connectivity index (χ1) is 38.8. The van der Waals surface area contributed by atoms with Gasteiger partial charge in [0.25, 0.3) is 0 Å². The summed E-state index contributed by atoms with van der Waals surface area (Å²) in [5.41, 5.74) is 14.5. The summed E-state index contributed by atoms with van der Waals surface area (Å²) < 4.78 is 15.0. The molecule has 5 N–H and O–H groups in total. The van der Waals surface area contributed by atoms with E-state index >= 15 is 0 Å². The Hall–Kier alpha value is -6.45. The van der Waals surface area contributed by atoms with Crippen LogP contribution in [0.1, 0.15) is 119 Å². The molecule has 2 aromatic carbocycles. The van der Waals surface area contributed by atoms with E-state index < -0.39 is 18.1 Å². The molecule has 80 heavy (non-hydrogen) atoms. The predicted octanol–water partition coefficient (Wildman–Crippen LogP) is 7.58. The van der Waals surface area contributed by atoms with Crippen LogP contribution < -0.4 is 20.9 Å². The maximum absolute atomic E-state index is 14.4. The number of phenolic OH excluding ortho intramolecular Hbond substituents is 1. The topological polar surface area (TPSA) is 221 Å². The highest BCUT2D eigenvalue weighted by molar-refractivity contribution is 7.13. The number of nitrogens with two attached hydrogens (primary N) is 1. The Kier molecular flexibility index (Phi) is 15.7. The molecule has 424 valence electrons. The van der Waals surface area contributed by atoms with Gasteiger partial charge in [-0.1, -0.05) is 55.4 Å². The molecule has 5 aliphatic heterocycles. The van der Waals surface area contributed by atoms with E-state index in [0.29, 0.717) is 59.1 Å². The van der Waals surface area contributed by atoms with Crippen LogP contribution in [-0.4, -0.2) is 155 Å². The fraction of sp³-hybridized carbons (Fsp3) is 0.550. The number of nitrogens with one attached hydrogen (secondary N) is 1. The number of aryl methyl sites for hydroxylation is 1. The summed E-state index contributed by atoms with van der Waals surface area (Å²) in [6.45, 7) is 15.5. The van der Waals surface area contributed by atoms with Crippen molar-refractivity contribution in [1.29, 1.82) is 0 Å². The average molecular weight is 1110 g/mol. The van der Waals surface area contributed by atoms with Gasteiger partial charge in [0.05, 0.1) is 63.8 Å². The number of aromatic nitrogens is 6. The molecule has 1 aliphatic carbocycles. The van der Waals surface area contributed by atoms with E-state index in [4.69, 9.17) is 20.0 Å². The second-order valence-electron chi connectivity index (χ2n) is 23.9. The summed E-state index contributed by atoms with van der Waals surface area (Å²) in [6.07, 6.45) is 12.8. The maximum atomic E-state index is 14.4. The van der Waals surface area contributed by atoms with Crippen molar-refractivity contribution in [2.75, 3.05) is 67.9 Å². The standard InChI is InChI=1S/C60H77N13O6S/c1-36(2)56(60(77)73-33-46(74)25-52(73)59(76)64-37(3)40-9-11-41(12-10-40)57-38(4)63-35-80-57)54-27-55(67-79-54)69-21-15-39(16-22-69)28-68-19-17-47(18-20-68)78-48-23-45(24-48)71-29-42(62-34-71)30-72-43-13-14-44(72)32-70(31-43)51-26-50(65-66-58(51)61)49-7-5-6-8-53(49)75/h5-12,26-27,29,34-37,39,43-48,52,56,74-75H,13-25,28,30-33H2,1-4H3,(H2,61,66)(H,64,76)/t37-,43?,44?,45?,46+,48?,52-,56+/m0/s1. The third-order valence-electron chi connectivity index (χ3n) is 18.2. The van der Waals surface area contributed by atoms with Gasteiger partial charge in [0.1, 0.15) is 17.7 Å². The maximum Gasteiger partial charge on any atom is 0.243 e. The van der Waals surface area contributed by atoms with Crippen LogP contribution in [0.4, 0.5) is 17.3 Å². The summed E-state index contributed by atoms with van der Waals surface area (Å²) in [7, 11) is 0. The number of aliphatic hydroxyl groups excluding tert-OH is 1. The minimum Gasteiger partial charge on any atom is -0.507 e. The monoisotopic (exact) mass is 1110 g/mol. The molecule has 5 saturated heterocycles. The molecule has 2 amide bonds. The van der Waals surface area contributed by atoms with Crippen molar-refractivity contribution >= 4 is 40.5 Å². The number of nitrogens with zero attached hydrogens (tertiary/aromatic N) is 11. The van der Waals surface area contributed by atoms with Crippen LogP contribution in [-0.2, 0) is 20.9 Å². The summed E-state index contributed by atoms with van der Waals surface area (Å²) in [5, 5.41) is 37.4. The number of ether oxygens (including phenoxy) is 1. The zero-order valence-corrected chi connectivity index (χ0v) is 47.3. The summed E-state index contributed by atoms with van der Waals surface area (Å²) in [4.78, 5) is 50.0. The molecule has 4 aromatic heterocycles. The number of carbonyl (C=O) groups is 2. The van der Waals surface area contributed by atoms with E-state index in [1.165, 1.54) is 0 Å². The molecule has 0 spiro atoms. The lowest BCUT2D eigenvalue weighted by molar-refractivity contribution is -0.141. The number of likely N-dealkylation sites (tertiary alicyclic amines) is 2. The largest absolute Gasteiger partial charge is 0.507 e. The van der Waals surface area contributed by atoms with E-state index in [2.05, 4.69) is 56.0 Å². The number of amides is 2. The lowest BCUT2D eigenvalue weighted by Gasteiger charge is -2.42. The molecule has 20 heteroatoms. The van der Waals surface area contributed by atoms with Gasteiger partial charge in [-0.25, -0.2) is 9.97 Å². The Balaban J connectivity index is 0.560. The van der Waals surface area contributed by atoms with Crippen LogP contribution in [0.15, 0.2) is 83.2 Å². The minimum atomic E-state index is -0.799. The van der Waals surface area contributed by atoms with Crippen LogP contribution in [0.3, 0.4) is 0 Å². The molecule has 6 aliphatic rings. The van der Waals surface area contributed by atoms with Gasteiger partial charge in [-0.05, 0) is 106 Å². The number of hydrogen-bond acceptors (Lipinski definition) is 17. The third kappa shape index (κ3) is 11.4. The molecular formula is C60H77N13O6S. The second kappa shape index (κ2) is 23.2. The number of benzene rings is 2. The van der Waals surface area contributed by atoms with Crippen LogP contribution >= 0.6 is 11.3 Å². The first-order valence-corrected chi connectivity index (χ1v) is 30.0. The molecule has 19 nitrogen and oxygen atoms in total. The Morgan fingerprint density at radius 3 is 2.33 bits per heavy atom. The number of imidazole rings is 1. The molecule has 6 fully saturated rings. The summed E-state index contributed by atoms with van der Waals surface area (Å²) in [6, 6.07) is 19.3. The van der Waals surface area contributed by atoms with E-state index in [1.54, 1.807) is 28.4 Å². The Bertz CT molecular complexity index is 3090. The van der Waals surface area contributed by atoms with Gasteiger partial charge in [-0.2, -0.15) is 0 Å². The van der Waals surface area contributed by atoms with Crippen molar-refractivity contribution in [1.82, 2.24) is 49.9 Å². The molecule has 2 unspecified atom stereocenters. The van der Waals surface area contributed by atoms with Crippen molar-refractivity contribution in [3.8, 4) is 27.4 Å². The van der Waals surface area contributed by atoms with E-state index in [-0.39, 0.29) is 42.5 Å². The van der Waals surface area contributed by atoms with E-state index in [1.807, 2.05) is 88.1 Å². The molecular weight excluding hydrogens is 1030 g/mol. The van der Waals surface area contributed by atoms with Crippen molar-refractivity contribution in [2.24, 2.45) is 11.8 Å². The van der Waals surface area contributed by atoms with E-state index in [9.17, 15) is 19.8 Å². The van der Waals surface area contributed by atoms with Crippen LogP contribution in [0.2, 0.25) is 0 Å². The van der Waals surface area contributed by atoms with Gasteiger partial charge in [-0.3, -0.25) is 14.5 Å². The van der Waals surface area contributed by atoms with Crippen LogP contribution in [0.5, 0.6) is 5.75 Å². The molecule has 6 atom stereocenters. The zero-order chi connectivity index (χ0) is 55.2. The molecule has 6 aromatic rings. The van der Waals surface area contributed by atoms with Crippen LogP contribution in [0.25, 0.3) is 21.7 Å². The Morgan fingerprint density at radius 1 is 0.863 bits per heavy atom. The lowest BCUT2D eigenvalue weighted by Crippen LogP contribution is -2.53. The number of nitrogen functional groups attached to an aromatic ring is 1. The summed E-state index contributed by atoms with van der Waals surface area (Å²) >= 11 is 1.60. The molecule has 2 bridgehead atoms. The smallest absolute Gasteiger partial charge is 0.243 e. The SMILES string of the molecule is Cc1ncsc1-c1ccc([C@H](C)NC(=O)[C@@H]2C[C@@H](O)CN2C(=O)[C@@H](c2cc(N3CCC(CN4CCC(OC5CC(n6cnc(CN7C8CCC7CN(c7cc(-c9ccccc9O)nnc7N)C8)c6)C5)CC4)CC3)no2)C(C)C)cc1. The Labute approximate surface area is 472 Å². The van der Waals surface area contributed by atoms with Crippen molar-refractivity contribution < 1.29 is 29.1 Å². The third-order valence-corrected chi connectivity index (χ3v) is 19.2. The number of rotatable bonds is 17. The fourth-order valence-corrected chi connectivity index (χ4v) is 14.4. The van der Waals surface area contributed by atoms with Gasteiger partial charge in [0.15, 0.2) is 17.4 Å². The number of hydrogen-bond donors (Lipinski definition) is 4. The highest BCUT2D eigenvalue weighted by atomic mass is 32.1. The fourth-order valence-electron chi connectivity index (χ4n) is 13.6. The quantitative estimate of drug-likeness (QED) is 0.0691. The molecule has 1 saturated carbocycles. The molecule has 9 heterocycles. The number of aromatic hydroxyl groups is 1. The Morgan fingerprint density at radius 2 is 1.61 bits per heavy atom. The van der Waals surface area contributed by atoms with Gasteiger partial charge < -0.3 is 54.7 Å². The lowest BCUT2D eigenvalue weighted by atomic mass is 9.88. The number of piperidine rings is 2. The highest BCUT2D eigenvalue weighted by Gasteiger charge is 2.45. The number of thiazole rings is 1. The van der Waals surface area contributed by atoms with E-state index in [0.717, 1.165) is 143 Å². The highest BCUT2D eigenvalue weighted by Crippen LogP contribution is 2.40. The number of carbonyl (C=O) groups excluding carboxylic acids is 2. The van der Waals surface area contributed by atoms with Crippen molar-refractivity contribution in [3.63, 3.8) is 0 Å². The number of aliphatic hydroxyl groups is 1. The number of phenols is 1. The number of anilines is 3. The molecule has 0 radical (unpaired) electrons. The number of para-hydroxylation sites is 1. The first kappa shape index (κ1) is 54.2. The summed E-state index contributed by atoms with van der Waals surface area (Å²) in [5.74, 6) is 1.14. The first-order valence-electron chi connectivity index (χ1n) is 29.1. The average Bonchev–Trinajstić information content (AvgIpc) is 4.33. The minimum absolute atomic E-state index is 0.0887. The van der Waals surface area contributed by atoms with Crippen molar-refractivity contribution in [2.45, 2.75) is 146 Å². The van der Waals surface area contributed by atoms with Crippen LogP contribution in [0, 0.1) is 18.8 Å². The predicted molar refractivity (Wildman–Crippen MR) is 307 cm³/mol. The number of fused-ring (bicyclic) bond motifs is 2. The van der Waals surface area contributed by atoms with Gasteiger partial charge >= 0.3 is 0 Å². The van der Waals surface area contributed by atoms with Gasteiger partial charge in [0, 0.05) is 101 Å². The number of piperazine rings is 1. The zero-order valence-electron chi connectivity index (χ0n) is 46.5. The normalized spacial score (nSPS) is 24.9. The second-order valence-corrected chi connectivity index (χ2v) is 24.8. The number of β-amino-alcohol motifs (C(OH)–C–C–N with tert-alkyl or cyclic N) is 1. The van der Waals surface area contributed by atoms with Gasteiger partial charge in [-0.15, -0.1) is 21.5 Å².